The van der Waals surface area contributed by atoms with Crippen molar-refractivity contribution >= 4 is 11.7 Å². The lowest BCUT2D eigenvalue weighted by molar-refractivity contribution is -0.132. The van der Waals surface area contributed by atoms with Crippen LogP contribution in [0.4, 0.5) is 4.39 Å². The van der Waals surface area contributed by atoms with Crippen molar-refractivity contribution in [3.8, 4) is 0 Å². The van der Waals surface area contributed by atoms with Crippen LogP contribution in [0.3, 0.4) is 0 Å². The van der Waals surface area contributed by atoms with Gasteiger partial charge < -0.3 is 15.1 Å². The molecule has 1 N–H and O–H groups in total. The lowest BCUT2D eigenvalue weighted by Gasteiger charge is -2.44. The first-order chi connectivity index (χ1) is 19.6. The van der Waals surface area contributed by atoms with Crippen LogP contribution >= 0.6 is 0 Å². The van der Waals surface area contributed by atoms with E-state index in [0.717, 1.165) is 69.6 Å². The van der Waals surface area contributed by atoms with Gasteiger partial charge in [0.2, 0.25) is 0 Å². The number of alkyl halides is 1. The van der Waals surface area contributed by atoms with Crippen LogP contribution < -0.4 is 5.32 Å². The maximum Gasteiger partial charge on any atom is 0.251 e. The van der Waals surface area contributed by atoms with Crippen molar-refractivity contribution in [1.29, 1.82) is 0 Å². The summed E-state index contributed by atoms with van der Waals surface area (Å²) >= 11 is 0. The van der Waals surface area contributed by atoms with Crippen molar-refractivity contribution in [2.24, 2.45) is 23.7 Å². The lowest BCUT2D eigenvalue weighted by Crippen LogP contribution is -2.53. The van der Waals surface area contributed by atoms with Gasteiger partial charge in [-0.25, -0.2) is 4.39 Å². The first-order valence-electron chi connectivity index (χ1n) is 16.7. The Labute approximate surface area is 248 Å². The highest BCUT2D eigenvalue weighted by Gasteiger charge is 2.40. The molecule has 0 aromatic heterocycles. The molecule has 5 rings (SSSR count). The molecular formula is C35H54FN3O2. The average molecular weight is 568 g/mol. The highest BCUT2D eigenvalue weighted by Crippen LogP contribution is 2.44. The summed E-state index contributed by atoms with van der Waals surface area (Å²) in [5.41, 5.74) is 6.52. The maximum atomic E-state index is 13.9. The van der Waals surface area contributed by atoms with Gasteiger partial charge in [-0.05, 0) is 101 Å². The number of likely N-dealkylation sites (tertiary alicyclic amines) is 1. The largest absolute Gasteiger partial charge is 0.385 e. The topological polar surface area (TPSA) is 52.7 Å². The van der Waals surface area contributed by atoms with Gasteiger partial charge in [-0.2, -0.15) is 0 Å². The Balaban J connectivity index is 1.18. The van der Waals surface area contributed by atoms with Crippen LogP contribution in [-0.4, -0.2) is 65.9 Å². The van der Waals surface area contributed by atoms with Crippen LogP contribution in [0.1, 0.15) is 105 Å². The summed E-state index contributed by atoms with van der Waals surface area (Å²) in [6.45, 7) is 15.1. The van der Waals surface area contributed by atoms with Crippen LogP contribution in [0.15, 0.2) is 34.1 Å². The van der Waals surface area contributed by atoms with Gasteiger partial charge in [0.25, 0.3) is 5.91 Å². The molecule has 0 unspecified atom stereocenters. The molecule has 41 heavy (non-hydrogen) atoms. The summed E-state index contributed by atoms with van der Waals surface area (Å²) in [4.78, 5) is 31.0. The van der Waals surface area contributed by atoms with E-state index in [-0.39, 0.29) is 23.7 Å². The second-order valence-corrected chi connectivity index (χ2v) is 14.2. The van der Waals surface area contributed by atoms with Gasteiger partial charge in [-0.1, -0.05) is 32.4 Å². The zero-order valence-electron chi connectivity index (χ0n) is 26.3. The van der Waals surface area contributed by atoms with Gasteiger partial charge in [0, 0.05) is 68.3 Å². The number of amides is 1. The molecule has 0 aromatic rings. The Hall–Kier alpha value is -1.95. The third kappa shape index (κ3) is 6.84. The predicted octanol–water partition coefficient (Wildman–Crippen LogP) is 6.75. The van der Waals surface area contributed by atoms with E-state index in [0.29, 0.717) is 49.5 Å². The van der Waals surface area contributed by atoms with Crippen molar-refractivity contribution < 1.29 is 14.0 Å². The van der Waals surface area contributed by atoms with E-state index in [4.69, 9.17) is 0 Å². The standard InChI is InChI=1S/C35H54FN3O2/c1-6-33(40)30-20-31-32(37-24(30)5)13-16-39(35(31)41)29-11-14-38(15-12-29)21-25-18-23(4)34(27(19-25)17-22(2)3)26-7-9-28(36)10-8-26/h7,22,24-25,27-30,37H,6,8-21H2,1-5H3/t24-,25-,27-,28-,30-/m0/s1. The first kappa shape index (κ1) is 30.5. The third-order valence-electron chi connectivity index (χ3n) is 10.7. The van der Waals surface area contributed by atoms with Crippen molar-refractivity contribution in [2.75, 3.05) is 26.2 Å². The van der Waals surface area contributed by atoms with E-state index in [1.165, 1.54) is 18.4 Å². The normalized spacial score (nSPS) is 32.3. The Morgan fingerprint density at radius 3 is 2.54 bits per heavy atom. The summed E-state index contributed by atoms with van der Waals surface area (Å²) in [5.74, 6) is 2.27. The van der Waals surface area contributed by atoms with E-state index in [9.17, 15) is 14.0 Å². The third-order valence-corrected chi connectivity index (χ3v) is 10.7. The number of rotatable bonds is 8. The molecule has 1 fully saturated rings. The summed E-state index contributed by atoms with van der Waals surface area (Å²) in [5, 5.41) is 3.51. The molecule has 5 atom stereocenters. The van der Waals surface area contributed by atoms with Gasteiger partial charge in [0.1, 0.15) is 12.0 Å². The van der Waals surface area contributed by atoms with E-state index in [1.807, 2.05) is 6.92 Å². The molecule has 5 aliphatic rings. The molecule has 0 bridgehead atoms. The molecule has 0 aromatic carbocycles. The molecular weight excluding hydrogens is 513 g/mol. The van der Waals surface area contributed by atoms with E-state index in [2.05, 4.69) is 48.9 Å². The average Bonchev–Trinajstić information content (AvgIpc) is 2.93. The second-order valence-electron chi connectivity index (χ2n) is 14.2. The monoisotopic (exact) mass is 567 g/mol. The Kier molecular flexibility index (Phi) is 9.78. The number of carbonyl (C=O) groups excluding carboxylic acids is 2. The SMILES string of the molecule is CCC(=O)[C@H]1CC2=C(CCN(C3CCN(C[C@H]4CC(C)=C(C5=CC[C@H](F)CC5)[C@@H](CC(C)C)C4)CC3)C2=O)N[C@H]1C. The molecule has 0 radical (unpaired) electrons. The second kappa shape index (κ2) is 13.1. The highest BCUT2D eigenvalue weighted by atomic mass is 19.1. The summed E-state index contributed by atoms with van der Waals surface area (Å²) < 4.78 is 13.9. The van der Waals surface area contributed by atoms with Crippen LogP contribution in [0, 0.1) is 23.7 Å². The van der Waals surface area contributed by atoms with Gasteiger partial charge in [0.05, 0.1) is 0 Å². The number of hydrogen-bond acceptors (Lipinski definition) is 4. The summed E-state index contributed by atoms with van der Waals surface area (Å²) in [6.07, 6.45) is 11.4. The number of allylic oxidation sites excluding steroid dienone is 4. The number of nitrogens with one attached hydrogen (secondary N) is 1. The van der Waals surface area contributed by atoms with E-state index in [1.54, 1.807) is 11.1 Å². The summed E-state index contributed by atoms with van der Waals surface area (Å²) in [6, 6.07) is 0.415. The molecule has 2 aliphatic carbocycles. The molecule has 1 amide bonds. The molecule has 228 valence electrons. The number of Topliss-reactive ketones (excluding diaryl/α,β-unsaturated/α-hetero) is 1. The minimum atomic E-state index is -0.660. The van der Waals surface area contributed by atoms with Gasteiger partial charge in [-0.15, -0.1) is 0 Å². The van der Waals surface area contributed by atoms with Gasteiger partial charge in [0.15, 0.2) is 0 Å². The van der Waals surface area contributed by atoms with Crippen LogP contribution in [0.5, 0.6) is 0 Å². The fourth-order valence-corrected chi connectivity index (χ4v) is 8.71. The van der Waals surface area contributed by atoms with Crippen molar-refractivity contribution in [3.63, 3.8) is 0 Å². The predicted molar refractivity (Wildman–Crippen MR) is 164 cm³/mol. The molecule has 6 heteroatoms. The Morgan fingerprint density at radius 1 is 1.12 bits per heavy atom. The zero-order valence-corrected chi connectivity index (χ0v) is 26.3. The maximum absolute atomic E-state index is 13.9. The van der Waals surface area contributed by atoms with E-state index < -0.39 is 6.17 Å². The number of halogens is 1. The van der Waals surface area contributed by atoms with Crippen molar-refractivity contribution in [3.05, 3.63) is 34.1 Å². The van der Waals surface area contributed by atoms with Crippen molar-refractivity contribution in [2.45, 2.75) is 124 Å². The Bertz CT molecular complexity index is 1080. The quantitative estimate of drug-likeness (QED) is 0.353. The minimum Gasteiger partial charge on any atom is -0.385 e. The molecule has 1 saturated heterocycles. The zero-order chi connectivity index (χ0) is 29.3. The van der Waals surface area contributed by atoms with Crippen LogP contribution in [0.25, 0.3) is 0 Å². The molecule has 3 aliphatic heterocycles. The smallest absolute Gasteiger partial charge is 0.251 e. The van der Waals surface area contributed by atoms with Gasteiger partial charge in [-0.3, -0.25) is 9.59 Å². The van der Waals surface area contributed by atoms with Crippen LogP contribution in [0.2, 0.25) is 0 Å². The lowest BCUT2D eigenvalue weighted by atomic mass is 9.70. The van der Waals surface area contributed by atoms with E-state index >= 15 is 0 Å². The number of ketones is 1. The molecule has 0 spiro atoms. The van der Waals surface area contributed by atoms with Crippen LogP contribution in [-0.2, 0) is 9.59 Å². The number of nitrogens with zero attached hydrogens (tertiary/aromatic N) is 2. The Morgan fingerprint density at radius 2 is 1.88 bits per heavy atom. The highest BCUT2D eigenvalue weighted by molar-refractivity contribution is 5.97. The fourth-order valence-electron chi connectivity index (χ4n) is 8.71. The molecule has 3 heterocycles. The fraction of sp³-hybridized carbons (Fsp3) is 0.771. The minimum absolute atomic E-state index is 0.0902. The number of hydrogen-bond donors (Lipinski definition) is 1. The van der Waals surface area contributed by atoms with Crippen molar-refractivity contribution in [1.82, 2.24) is 15.1 Å². The first-order valence-corrected chi connectivity index (χ1v) is 16.7. The summed E-state index contributed by atoms with van der Waals surface area (Å²) in [7, 11) is 0. The van der Waals surface area contributed by atoms with Gasteiger partial charge >= 0.3 is 0 Å². The number of carbonyl (C=O) groups is 2. The molecule has 0 saturated carbocycles. The molecule has 5 nitrogen and oxygen atoms in total. The number of piperidine rings is 1.